The average Bonchev–Trinajstić information content (AvgIpc) is 3.42. The molecule has 0 fully saturated rings. The van der Waals surface area contributed by atoms with E-state index in [4.69, 9.17) is 17.0 Å². The van der Waals surface area contributed by atoms with Gasteiger partial charge in [0.25, 0.3) is 0 Å². The topological polar surface area (TPSA) is 17.8 Å². The van der Waals surface area contributed by atoms with Crippen LogP contribution in [0.15, 0.2) is 85.1 Å². The summed E-state index contributed by atoms with van der Waals surface area (Å²) in [6.45, 7) is 0. The molecule has 1 aliphatic rings. The molecule has 5 rings (SSSR count). The fraction of sp³-hybridized carbons (Fsp3) is 0.0476. The molecule has 3 aromatic carbocycles. The van der Waals surface area contributed by atoms with Crippen molar-refractivity contribution in [2.24, 2.45) is 0 Å². The van der Waals surface area contributed by atoms with E-state index in [0.717, 1.165) is 17.6 Å². The third-order valence-electron chi connectivity index (χ3n) is 3.91. The Morgan fingerprint density at radius 3 is 2.42 bits per heavy atom. The summed E-state index contributed by atoms with van der Waals surface area (Å²) in [5.41, 5.74) is 2.27. The molecule has 0 spiro atoms. The Hall–Kier alpha value is -1.54. The summed E-state index contributed by atoms with van der Waals surface area (Å²) in [6.07, 6.45) is 11.9. The fourth-order valence-corrected chi connectivity index (χ4v) is 2.77. The first-order chi connectivity index (χ1) is 12.8. The van der Waals surface area contributed by atoms with E-state index in [1.165, 1.54) is 16.2 Å². The Labute approximate surface area is 171 Å². The second kappa shape index (κ2) is 9.97. The van der Waals surface area contributed by atoms with Gasteiger partial charge in [-0.05, 0) is 11.8 Å². The summed E-state index contributed by atoms with van der Waals surface area (Å²) >= 11 is -0.826. The van der Waals surface area contributed by atoms with Gasteiger partial charge in [0.05, 0.1) is 11.7 Å². The summed E-state index contributed by atoms with van der Waals surface area (Å²) in [4.78, 5) is 0. The molecule has 0 N–H and O–H groups in total. The molecule has 2 nitrogen and oxygen atoms in total. The Balaban J connectivity index is 0.000000207. The average molecular weight is 459 g/mol. The standard InChI is InChI=1S/C16H11N2.C5H5.2ClH.Zr/c1-2-6-13-10-15(9-12(13)5-1)18-16-8-4-3-7-14(16)11-17-18;1-2-4-5-3-1;;;/h1-11H;1-3H,4H2;2*1H;/q2*-1;;;+4/p-2. The second-order valence-electron chi connectivity index (χ2n) is 5.53. The zero-order valence-corrected chi connectivity index (χ0v) is 17.9. The van der Waals surface area contributed by atoms with Gasteiger partial charge in [-0.25, -0.2) is 12.2 Å². The van der Waals surface area contributed by atoms with E-state index >= 15 is 0 Å². The molecule has 0 bridgehead atoms. The molecule has 5 heteroatoms. The largest absolute Gasteiger partial charge is 0.252 e. The molecule has 4 aromatic rings. The maximum atomic E-state index is 4.93. The zero-order chi connectivity index (χ0) is 18.2. The van der Waals surface area contributed by atoms with Crippen molar-refractivity contribution in [3.63, 3.8) is 0 Å². The molecule has 0 amide bonds. The number of aromatic nitrogens is 2. The van der Waals surface area contributed by atoms with E-state index in [1.807, 2.05) is 35.2 Å². The normalized spacial score (nSPS) is 11.6. The number of para-hydroxylation sites is 1. The number of halogens is 2. The second-order valence-corrected chi connectivity index (χ2v) is 9.26. The van der Waals surface area contributed by atoms with Crippen molar-refractivity contribution in [2.45, 2.75) is 6.42 Å². The van der Waals surface area contributed by atoms with Crippen LogP contribution < -0.4 is 0 Å². The number of hydrogen-bond acceptors (Lipinski definition) is 1. The summed E-state index contributed by atoms with van der Waals surface area (Å²) < 4.78 is 2.00. The van der Waals surface area contributed by atoms with Crippen LogP contribution in [0.25, 0.3) is 27.4 Å². The predicted molar refractivity (Wildman–Crippen MR) is 107 cm³/mol. The number of nitrogens with zero attached hydrogens (tertiary/aromatic N) is 2. The van der Waals surface area contributed by atoms with Crippen LogP contribution in [0.4, 0.5) is 0 Å². The van der Waals surface area contributed by atoms with E-state index in [-0.39, 0.29) is 0 Å². The number of benzene rings is 2. The van der Waals surface area contributed by atoms with Crippen LogP contribution in [0.1, 0.15) is 6.42 Å². The Kier molecular flexibility index (Phi) is 7.37. The van der Waals surface area contributed by atoms with Crippen molar-refractivity contribution in [3.05, 3.63) is 91.2 Å². The van der Waals surface area contributed by atoms with Gasteiger partial charge in [0, 0.05) is 5.39 Å². The Morgan fingerprint density at radius 2 is 1.77 bits per heavy atom. The zero-order valence-electron chi connectivity index (χ0n) is 13.9. The van der Waals surface area contributed by atoms with E-state index < -0.39 is 20.8 Å². The van der Waals surface area contributed by atoms with Crippen LogP contribution in [0, 0.1) is 6.08 Å². The van der Waals surface area contributed by atoms with Crippen LogP contribution in [-0.2, 0) is 20.8 Å². The van der Waals surface area contributed by atoms with Crippen LogP contribution >= 0.6 is 17.0 Å². The molecule has 0 unspecified atom stereocenters. The molecular formula is C21H16Cl2N2Zr. The SMILES string of the molecule is [C-]1=CC=CC1.[Cl][Zr+2][Cl].c1ccc2[cH-]c(-n3ncc4ccccc43)cc2c1. The quantitative estimate of drug-likeness (QED) is 0.295. The van der Waals surface area contributed by atoms with Crippen LogP contribution in [-0.4, -0.2) is 9.78 Å². The van der Waals surface area contributed by atoms with Gasteiger partial charge in [-0.15, -0.1) is 47.5 Å². The van der Waals surface area contributed by atoms with Crippen molar-refractivity contribution in [1.82, 2.24) is 9.78 Å². The Bertz CT molecular complexity index is 988. The third kappa shape index (κ3) is 4.79. The van der Waals surface area contributed by atoms with Crippen LogP contribution in [0.2, 0.25) is 0 Å². The minimum Gasteiger partial charge on any atom is -0.252 e. The first-order valence-corrected chi connectivity index (χ1v) is 14.4. The van der Waals surface area contributed by atoms with E-state index in [9.17, 15) is 0 Å². The minimum absolute atomic E-state index is 0.826. The van der Waals surface area contributed by atoms with Gasteiger partial charge in [0.2, 0.25) is 0 Å². The molecule has 1 aromatic heterocycles. The number of allylic oxidation sites excluding steroid dienone is 4. The molecule has 1 heterocycles. The van der Waals surface area contributed by atoms with Crippen molar-refractivity contribution >= 4 is 38.7 Å². The first kappa shape index (κ1) is 19.2. The summed E-state index contributed by atoms with van der Waals surface area (Å²) in [6, 6.07) is 21.0. The number of hydrogen-bond donors (Lipinski definition) is 0. The summed E-state index contributed by atoms with van der Waals surface area (Å²) in [5.74, 6) is 0. The van der Waals surface area contributed by atoms with Gasteiger partial charge in [-0.2, -0.15) is 11.2 Å². The maximum Gasteiger partial charge on any atom is 0.0721 e. The van der Waals surface area contributed by atoms with Crippen LogP contribution in [0.3, 0.4) is 0 Å². The molecule has 1 aliphatic carbocycles. The number of rotatable bonds is 1. The molecule has 0 atom stereocenters. The fourth-order valence-electron chi connectivity index (χ4n) is 2.77. The van der Waals surface area contributed by atoms with Crippen LogP contribution in [0.5, 0.6) is 0 Å². The molecule has 0 saturated heterocycles. The van der Waals surface area contributed by atoms with E-state index in [1.54, 1.807) is 0 Å². The number of fused-ring (bicyclic) bond motifs is 2. The van der Waals surface area contributed by atoms with Gasteiger partial charge in [0.15, 0.2) is 0 Å². The van der Waals surface area contributed by atoms with Gasteiger partial charge in [-0.1, -0.05) is 24.3 Å². The van der Waals surface area contributed by atoms with Gasteiger partial charge >= 0.3 is 37.9 Å². The van der Waals surface area contributed by atoms with Crippen molar-refractivity contribution in [2.75, 3.05) is 0 Å². The molecular weight excluding hydrogens is 442 g/mol. The molecule has 0 saturated carbocycles. The maximum absolute atomic E-state index is 4.93. The van der Waals surface area contributed by atoms with Gasteiger partial charge in [-0.3, -0.25) is 10.8 Å². The molecule has 128 valence electrons. The smallest absolute Gasteiger partial charge is 0.0721 e. The van der Waals surface area contributed by atoms with E-state index in [2.05, 4.69) is 65.8 Å². The predicted octanol–water partition coefficient (Wildman–Crippen LogP) is 6.58. The molecule has 0 radical (unpaired) electrons. The van der Waals surface area contributed by atoms with Crippen molar-refractivity contribution in [3.8, 4) is 5.69 Å². The monoisotopic (exact) mass is 456 g/mol. The summed E-state index contributed by atoms with van der Waals surface area (Å²) in [7, 11) is 9.87. The van der Waals surface area contributed by atoms with Crippen molar-refractivity contribution in [1.29, 1.82) is 0 Å². The minimum atomic E-state index is -0.826. The first-order valence-electron chi connectivity index (χ1n) is 8.10. The third-order valence-corrected chi connectivity index (χ3v) is 3.91. The van der Waals surface area contributed by atoms with Crippen molar-refractivity contribution < 1.29 is 20.8 Å². The molecule has 0 aliphatic heterocycles. The summed E-state index contributed by atoms with van der Waals surface area (Å²) in [5, 5.41) is 8.16. The molecule has 26 heavy (non-hydrogen) atoms. The van der Waals surface area contributed by atoms with E-state index in [0.29, 0.717) is 0 Å². The Morgan fingerprint density at radius 1 is 1.04 bits per heavy atom. The van der Waals surface area contributed by atoms with Gasteiger partial charge in [0.1, 0.15) is 0 Å². The van der Waals surface area contributed by atoms with Gasteiger partial charge < -0.3 is 0 Å².